The van der Waals surface area contributed by atoms with Crippen LogP contribution in [0.1, 0.15) is 24.8 Å². The fourth-order valence-electron chi connectivity index (χ4n) is 3.17. The number of thioether (sulfide) groups is 1. The highest BCUT2D eigenvalue weighted by atomic mass is 32.2. The molecule has 1 unspecified atom stereocenters. The molecular formula is C21H23N3OS. The SMILES string of the molecule is Cc1ccc(-n2c(SCC3CCCCO3)nnc2-c2ccccc2)cc1. The van der Waals surface area contributed by atoms with Gasteiger partial charge in [-0.3, -0.25) is 4.57 Å². The van der Waals surface area contributed by atoms with Crippen LogP contribution in [-0.4, -0.2) is 33.2 Å². The van der Waals surface area contributed by atoms with E-state index in [0.717, 1.165) is 41.0 Å². The van der Waals surface area contributed by atoms with E-state index in [1.807, 2.05) is 18.2 Å². The quantitative estimate of drug-likeness (QED) is 0.603. The topological polar surface area (TPSA) is 39.9 Å². The molecule has 134 valence electrons. The summed E-state index contributed by atoms with van der Waals surface area (Å²) in [7, 11) is 0. The van der Waals surface area contributed by atoms with Gasteiger partial charge in [-0.25, -0.2) is 0 Å². The van der Waals surface area contributed by atoms with Crippen molar-refractivity contribution in [1.29, 1.82) is 0 Å². The molecule has 3 aromatic rings. The van der Waals surface area contributed by atoms with Gasteiger partial charge < -0.3 is 4.74 Å². The van der Waals surface area contributed by atoms with Gasteiger partial charge in [0.15, 0.2) is 11.0 Å². The van der Waals surface area contributed by atoms with Crippen molar-refractivity contribution >= 4 is 11.8 Å². The predicted octanol–water partition coefficient (Wildman–Crippen LogP) is 4.90. The number of benzene rings is 2. The summed E-state index contributed by atoms with van der Waals surface area (Å²) in [4.78, 5) is 0. The Kier molecular flexibility index (Phi) is 5.37. The molecule has 1 aliphatic heterocycles. The predicted molar refractivity (Wildman–Crippen MR) is 106 cm³/mol. The lowest BCUT2D eigenvalue weighted by atomic mass is 10.1. The Morgan fingerprint density at radius 1 is 1.04 bits per heavy atom. The van der Waals surface area contributed by atoms with Gasteiger partial charge in [0.25, 0.3) is 0 Å². The van der Waals surface area contributed by atoms with E-state index >= 15 is 0 Å². The molecule has 4 rings (SSSR count). The summed E-state index contributed by atoms with van der Waals surface area (Å²) >= 11 is 1.73. The number of hydrogen-bond acceptors (Lipinski definition) is 4. The van der Waals surface area contributed by atoms with Gasteiger partial charge in [0.2, 0.25) is 0 Å². The van der Waals surface area contributed by atoms with Gasteiger partial charge in [0, 0.05) is 23.6 Å². The Morgan fingerprint density at radius 3 is 2.58 bits per heavy atom. The summed E-state index contributed by atoms with van der Waals surface area (Å²) in [6, 6.07) is 18.8. The van der Waals surface area contributed by atoms with E-state index in [0.29, 0.717) is 6.10 Å². The van der Waals surface area contributed by atoms with Gasteiger partial charge in [-0.05, 0) is 38.3 Å². The van der Waals surface area contributed by atoms with Crippen LogP contribution in [-0.2, 0) is 4.74 Å². The number of aryl methyl sites for hydroxylation is 1. The molecule has 1 fully saturated rings. The first-order chi connectivity index (χ1) is 12.8. The maximum absolute atomic E-state index is 5.87. The summed E-state index contributed by atoms with van der Waals surface area (Å²) < 4.78 is 8.03. The van der Waals surface area contributed by atoms with Crippen molar-refractivity contribution < 1.29 is 4.74 Å². The van der Waals surface area contributed by atoms with Gasteiger partial charge >= 0.3 is 0 Å². The first-order valence-electron chi connectivity index (χ1n) is 9.13. The third kappa shape index (κ3) is 3.84. The molecule has 4 nitrogen and oxygen atoms in total. The molecule has 1 aromatic heterocycles. The number of aromatic nitrogens is 3. The zero-order valence-corrected chi connectivity index (χ0v) is 15.8. The molecular weight excluding hydrogens is 342 g/mol. The molecule has 1 atom stereocenters. The largest absolute Gasteiger partial charge is 0.377 e. The van der Waals surface area contributed by atoms with Crippen LogP contribution >= 0.6 is 11.8 Å². The Balaban J connectivity index is 1.67. The Hall–Kier alpha value is -2.11. The molecule has 0 bridgehead atoms. The van der Waals surface area contributed by atoms with Crippen molar-refractivity contribution in [3.05, 3.63) is 60.2 Å². The van der Waals surface area contributed by atoms with Crippen LogP contribution < -0.4 is 0 Å². The van der Waals surface area contributed by atoms with Crippen molar-refractivity contribution in [2.24, 2.45) is 0 Å². The molecule has 26 heavy (non-hydrogen) atoms. The molecule has 1 aliphatic rings. The van der Waals surface area contributed by atoms with E-state index in [1.165, 1.54) is 18.4 Å². The number of rotatable bonds is 5. The minimum absolute atomic E-state index is 0.317. The third-order valence-electron chi connectivity index (χ3n) is 4.63. The minimum Gasteiger partial charge on any atom is -0.377 e. The smallest absolute Gasteiger partial charge is 0.196 e. The van der Waals surface area contributed by atoms with Gasteiger partial charge in [0.1, 0.15) is 0 Å². The van der Waals surface area contributed by atoms with Crippen LogP contribution in [0.5, 0.6) is 0 Å². The van der Waals surface area contributed by atoms with Crippen LogP contribution in [0.25, 0.3) is 17.1 Å². The number of hydrogen-bond donors (Lipinski definition) is 0. The van der Waals surface area contributed by atoms with Crippen molar-refractivity contribution in [2.75, 3.05) is 12.4 Å². The summed E-state index contributed by atoms with van der Waals surface area (Å²) in [6.07, 6.45) is 3.89. The van der Waals surface area contributed by atoms with Gasteiger partial charge in [-0.15, -0.1) is 10.2 Å². The Bertz CT molecular complexity index is 839. The zero-order valence-electron chi connectivity index (χ0n) is 15.0. The van der Waals surface area contributed by atoms with Crippen LogP contribution in [0.3, 0.4) is 0 Å². The molecule has 5 heteroatoms. The maximum atomic E-state index is 5.87. The van der Waals surface area contributed by atoms with E-state index in [1.54, 1.807) is 11.8 Å². The molecule has 0 spiro atoms. The van der Waals surface area contributed by atoms with E-state index in [2.05, 4.69) is 58.1 Å². The average Bonchev–Trinajstić information content (AvgIpc) is 3.12. The molecule has 0 N–H and O–H groups in total. The second-order valence-corrected chi connectivity index (χ2v) is 7.63. The summed E-state index contributed by atoms with van der Waals surface area (Å²) in [6.45, 7) is 2.98. The summed E-state index contributed by atoms with van der Waals surface area (Å²) in [5, 5.41) is 9.91. The highest BCUT2D eigenvalue weighted by molar-refractivity contribution is 7.99. The molecule has 2 aromatic carbocycles. The molecule has 0 amide bonds. The highest BCUT2D eigenvalue weighted by Crippen LogP contribution is 2.29. The molecule has 1 saturated heterocycles. The van der Waals surface area contributed by atoms with Crippen LogP contribution in [0.4, 0.5) is 0 Å². The second-order valence-electron chi connectivity index (χ2n) is 6.64. The van der Waals surface area contributed by atoms with Crippen molar-refractivity contribution in [1.82, 2.24) is 14.8 Å². The summed E-state index contributed by atoms with van der Waals surface area (Å²) in [5.41, 5.74) is 3.40. The Morgan fingerprint density at radius 2 is 1.85 bits per heavy atom. The van der Waals surface area contributed by atoms with Gasteiger partial charge in [0.05, 0.1) is 6.10 Å². The lowest BCUT2D eigenvalue weighted by molar-refractivity contribution is 0.0315. The number of ether oxygens (including phenoxy) is 1. The van der Waals surface area contributed by atoms with Crippen LogP contribution in [0.15, 0.2) is 59.8 Å². The fraction of sp³-hybridized carbons (Fsp3) is 0.333. The number of nitrogens with zero attached hydrogens (tertiary/aromatic N) is 3. The van der Waals surface area contributed by atoms with Crippen molar-refractivity contribution in [2.45, 2.75) is 37.4 Å². The zero-order chi connectivity index (χ0) is 17.8. The van der Waals surface area contributed by atoms with E-state index in [-0.39, 0.29) is 0 Å². The van der Waals surface area contributed by atoms with Crippen molar-refractivity contribution in [3.63, 3.8) is 0 Å². The van der Waals surface area contributed by atoms with Gasteiger partial charge in [-0.2, -0.15) is 0 Å². The van der Waals surface area contributed by atoms with E-state index in [4.69, 9.17) is 4.74 Å². The van der Waals surface area contributed by atoms with Crippen LogP contribution in [0, 0.1) is 6.92 Å². The summed E-state index contributed by atoms with van der Waals surface area (Å²) in [5.74, 6) is 1.79. The first-order valence-corrected chi connectivity index (χ1v) is 10.1. The second kappa shape index (κ2) is 8.06. The van der Waals surface area contributed by atoms with E-state index in [9.17, 15) is 0 Å². The van der Waals surface area contributed by atoms with Crippen LogP contribution in [0.2, 0.25) is 0 Å². The lowest BCUT2D eigenvalue weighted by Crippen LogP contribution is -2.21. The maximum Gasteiger partial charge on any atom is 0.196 e. The van der Waals surface area contributed by atoms with Crippen molar-refractivity contribution in [3.8, 4) is 17.1 Å². The lowest BCUT2D eigenvalue weighted by Gasteiger charge is -2.22. The standard InChI is InChI=1S/C21H23N3OS/c1-16-10-12-18(13-11-16)24-20(17-7-3-2-4-8-17)22-23-21(24)26-15-19-9-5-6-14-25-19/h2-4,7-8,10-13,19H,5-6,9,14-15H2,1H3. The minimum atomic E-state index is 0.317. The highest BCUT2D eigenvalue weighted by Gasteiger charge is 2.19. The molecule has 0 aliphatic carbocycles. The van der Waals surface area contributed by atoms with Gasteiger partial charge in [-0.1, -0.05) is 59.8 Å². The molecule has 0 radical (unpaired) electrons. The first kappa shape index (κ1) is 17.3. The third-order valence-corrected chi connectivity index (χ3v) is 5.69. The monoisotopic (exact) mass is 365 g/mol. The molecule has 2 heterocycles. The van der Waals surface area contributed by atoms with E-state index < -0.39 is 0 Å². The molecule has 0 saturated carbocycles. The fourth-order valence-corrected chi connectivity index (χ4v) is 4.19. The average molecular weight is 366 g/mol. The normalized spacial score (nSPS) is 17.3. The Labute approximate surface area is 158 Å².